The van der Waals surface area contributed by atoms with Gasteiger partial charge in [-0.1, -0.05) is 20.8 Å². The minimum Gasteiger partial charge on any atom is -0.341 e. The first-order valence-corrected chi connectivity index (χ1v) is 8.52. The number of hydrogen-bond donors (Lipinski definition) is 0. The molecule has 2 aromatic rings. The van der Waals surface area contributed by atoms with Crippen molar-refractivity contribution in [2.45, 2.75) is 45.6 Å². The van der Waals surface area contributed by atoms with Crippen LogP contribution in [-0.4, -0.2) is 32.6 Å². The lowest BCUT2D eigenvalue weighted by Gasteiger charge is -2.32. The summed E-state index contributed by atoms with van der Waals surface area (Å²) in [5.41, 5.74) is 0.794. The van der Waals surface area contributed by atoms with Crippen LogP contribution >= 0.6 is 0 Å². The van der Waals surface area contributed by atoms with Gasteiger partial charge in [-0.2, -0.15) is 0 Å². The standard InChI is InChI=1S/C18H25N5O/c1-18(2,3)15-11-16(24)23(13-21-15)12-14-5-9-22(10-6-14)17-19-7-4-8-20-17/h4,7-8,11,13-14H,5-6,9-10,12H2,1-3H3. The van der Waals surface area contributed by atoms with Gasteiger partial charge in [-0.3, -0.25) is 9.36 Å². The van der Waals surface area contributed by atoms with Crippen molar-refractivity contribution < 1.29 is 0 Å². The first-order chi connectivity index (χ1) is 11.4. The predicted molar refractivity (Wildman–Crippen MR) is 94.2 cm³/mol. The minimum absolute atomic E-state index is 0.0451. The smallest absolute Gasteiger partial charge is 0.253 e. The van der Waals surface area contributed by atoms with Crippen LogP contribution in [0.5, 0.6) is 0 Å². The van der Waals surface area contributed by atoms with Crippen LogP contribution in [0.4, 0.5) is 5.95 Å². The molecule has 3 rings (SSSR count). The molecular formula is C18H25N5O. The van der Waals surface area contributed by atoms with E-state index in [0.717, 1.165) is 44.1 Å². The second-order valence-electron chi connectivity index (χ2n) is 7.49. The van der Waals surface area contributed by atoms with Crippen LogP contribution < -0.4 is 10.5 Å². The van der Waals surface area contributed by atoms with Crippen LogP contribution in [0.2, 0.25) is 0 Å². The molecule has 0 saturated carbocycles. The molecule has 0 unspecified atom stereocenters. The monoisotopic (exact) mass is 327 g/mol. The van der Waals surface area contributed by atoms with E-state index in [2.05, 4.69) is 40.6 Å². The van der Waals surface area contributed by atoms with Crippen molar-refractivity contribution in [3.05, 3.63) is 46.9 Å². The molecule has 6 heteroatoms. The average Bonchev–Trinajstić information content (AvgIpc) is 2.57. The van der Waals surface area contributed by atoms with E-state index in [9.17, 15) is 4.79 Å². The maximum Gasteiger partial charge on any atom is 0.253 e. The third-order valence-electron chi connectivity index (χ3n) is 4.55. The van der Waals surface area contributed by atoms with E-state index >= 15 is 0 Å². The van der Waals surface area contributed by atoms with Gasteiger partial charge in [-0.25, -0.2) is 15.0 Å². The van der Waals surface area contributed by atoms with E-state index in [1.54, 1.807) is 29.4 Å². The van der Waals surface area contributed by atoms with Crippen molar-refractivity contribution in [1.82, 2.24) is 19.5 Å². The number of rotatable bonds is 3. The van der Waals surface area contributed by atoms with Crippen LogP contribution in [0.3, 0.4) is 0 Å². The Kier molecular flexibility index (Phi) is 4.64. The van der Waals surface area contributed by atoms with E-state index in [0.29, 0.717) is 5.92 Å². The second kappa shape index (κ2) is 6.71. The maximum atomic E-state index is 12.3. The molecule has 0 radical (unpaired) electrons. The molecule has 0 amide bonds. The van der Waals surface area contributed by atoms with Gasteiger partial charge in [0.15, 0.2) is 0 Å². The Labute approximate surface area is 142 Å². The van der Waals surface area contributed by atoms with Crippen molar-refractivity contribution in [2.24, 2.45) is 5.92 Å². The largest absolute Gasteiger partial charge is 0.341 e. The fourth-order valence-electron chi connectivity index (χ4n) is 3.02. The molecule has 0 N–H and O–H groups in total. The SMILES string of the molecule is CC(C)(C)c1cc(=O)n(CC2CCN(c3ncccn3)CC2)cn1. The molecule has 0 atom stereocenters. The molecule has 0 spiro atoms. The first-order valence-electron chi connectivity index (χ1n) is 8.52. The summed E-state index contributed by atoms with van der Waals surface area (Å²) in [7, 11) is 0. The molecule has 1 aliphatic rings. The summed E-state index contributed by atoms with van der Waals surface area (Å²) in [5.74, 6) is 1.29. The lowest BCUT2D eigenvalue weighted by molar-refractivity contribution is 0.348. The van der Waals surface area contributed by atoms with Gasteiger partial charge in [0.05, 0.1) is 12.0 Å². The Bertz CT molecular complexity index is 727. The predicted octanol–water partition coefficient (Wildman–Crippen LogP) is 2.25. The molecule has 0 aliphatic carbocycles. The summed E-state index contributed by atoms with van der Waals surface area (Å²) in [6.45, 7) is 8.80. The molecule has 128 valence electrons. The van der Waals surface area contributed by atoms with Crippen LogP contribution in [0, 0.1) is 5.92 Å². The summed E-state index contributed by atoms with van der Waals surface area (Å²) in [4.78, 5) is 27.6. The molecule has 3 heterocycles. The number of hydrogen-bond acceptors (Lipinski definition) is 5. The zero-order valence-corrected chi connectivity index (χ0v) is 14.6. The van der Waals surface area contributed by atoms with Crippen molar-refractivity contribution in [3.8, 4) is 0 Å². The third-order valence-corrected chi connectivity index (χ3v) is 4.55. The molecule has 1 saturated heterocycles. The molecule has 1 fully saturated rings. The zero-order valence-electron chi connectivity index (χ0n) is 14.6. The molecule has 1 aliphatic heterocycles. The highest BCUT2D eigenvalue weighted by Crippen LogP contribution is 2.22. The quantitative estimate of drug-likeness (QED) is 0.865. The van der Waals surface area contributed by atoms with Gasteiger partial charge in [0.2, 0.25) is 5.95 Å². The highest BCUT2D eigenvalue weighted by molar-refractivity contribution is 5.28. The van der Waals surface area contributed by atoms with Gasteiger partial charge >= 0.3 is 0 Å². The van der Waals surface area contributed by atoms with Crippen LogP contribution in [0.15, 0.2) is 35.6 Å². The van der Waals surface area contributed by atoms with Gasteiger partial charge in [-0.15, -0.1) is 0 Å². The van der Waals surface area contributed by atoms with E-state index < -0.39 is 0 Å². The Morgan fingerprint density at radius 3 is 2.38 bits per heavy atom. The number of piperidine rings is 1. The fraction of sp³-hybridized carbons (Fsp3) is 0.556. The maximum absolute atomic E-state index is 12.3. The van der Waals surface area contributed by atoms with Crippen molar-refractivity contribution in [1.29, 1.82) is 0 Å². The van der Waals surface area contributed by atoms with E-state index in [-0.39, 0.29) is 11.0 Å². The van der Waals surface area contributed by atoms with Gasteiger partial charge in [0, 0.05) is 43.5 Å². The van der Waals surface area contributed by atoms with E-state index in [1.165, 1.54) is 0 Å². The molecule has 24 heavy (non-hydrogen) atoms. The minimum atomic E-state index is -0.0979. The molecule has 6 nitrogen and oxygen atoms in total. The molecule has 2 aromatic heterocycles. The molecule has 0 bridgehead atoms. The molecular weight excluding hydrogens is 302 g/mol. The summed E-state index contributed by atoms with van der Waals surface area (Å²) < 4.78 is 1.74. The summed E-state index contributed by atoms with van der Waals surface area (Å²) >= 11 is 0. The number of anilines is 1. The zero-order chi connectivity index (χ0) is 17.2. The highest BCUT2D eigenvalue weighted by Gasteiger charge is 2.22. The number of nitrogens with zero attached hydrogens (tertiary/aromatic N) is 5. The van der Waals surface area contributed by atoms with Crippen molar-refractivity contribution >= 4 is 5.95 Å². The lowest BCUT2D eigenvalue weighted by atomic mass is 9.92. The van der Waals surface area contributed by atoms with Gasteiger partial charge in [0.25, 0.3) is 5.56 Å². The second-order valence-corrected chi connectivity index (χ2v) is 7.49. The normalized spacial score (nSPS) is 16.4. The van der Waals surface area contributed by atoms with E-state index in [4.69, 9.17) is 0 Å². The van der Waals surface area contributed by atoms with Gasteiger partial charge < -0.3 is 4.90 Å². The summed E-state index contributed by atoms with van der Waals surface area (Å²) in [6.07, 6.45) is 7.32. The van der Waals surface area contributed by atoms with Gasteiger partial charge in [0.1, 0.15) is 0 Å². The van der Waals surface area contributed by atoms with Crippen LogP contribution in [0.25, 0.3) is 0 Å². The summed E-state index contributed by atoms with van der Waals surface area (Å²) in [5, 5.41) is 0. The van der Waals surface area contributed by atoms with Gasteiger partial charge in [-0.05, 0) is 24.8 Å². The van der Waals surface area contributed by atoms with Crippen LogP contribution in [-0.2, 0) is 12.0 Å². The highest BCUT2D eigenvalue weighted by atomic mass is 16.1. The van der Waals surface area contributed by atoms with E-state index in [1.807, 2.05) is 6.07 Å². The Balaban J connectivity index is 1.61. The lowest BCUT2D eigenvalue weighted by Crippen LogP contribution is -2.37. The first kappa shape index (κ1) is 16.6. The Morgan fingerprint density at radius 2 is 1.79 bits per heavy atom. The fourth-order valence-corrected chi connectivity index (χ4v) is 3.02. The average molecular weight is 327 g/mol. The topological polar surface area (TPSA) is 63.9 Å². The molecule has 0 aromatic carbocycles. The summed E-state index contributed by atoms with van der Waals surface area (Å²) in [6, 6.07) is 3.50. The van der Waals surface area contributed by atoms with Crippen molar-refractivity contribution in [3.63, 3.8) is 0 Å². The third kappa shape index (κ3) is 3.80. The Morgan fingerprint density at radius 1 is 1.12 bits per heavy atom. The Hall–Kier alpha value is -2.24. The number of aromatic nitrogens is 4. The van der Waals surface area contributed by atoms with Crippen LogP contribution in [0.1, 0.15) is 39.3 Å². The van der Waals surface area contributed by atoms with Crippen molar-refractivity contribution in [2.75, 3.05) is 18.0 Å².